The van der Waals surface area contributed by atoms with E-state index in [1.807, 2.05) is 0 Å². The van der Waals surface area contributed by atoms with E-state index in [2.05, 4.69) is 0 Å². The van der Waals surface area contributed by atoms with Crippen LogP contribution in [0.5, 0.6) is 0 Å². The number of alkyl halides is 6. The Labute approximate surface area is 149 Å². The topological polar surface area (TPSA) is 12.5 Å². The molecule has 0 amide bonds. The van der Waals surface area contributed by atoms with Gasteiger partial charge in [-0.25, -0.2) is 0 Å². The van der Waals surface area contributed by atoms with E-state index in [0.717, 1.165) is 0 Å². The van der Waals surface area contributed by atoms with Crippen molar-refractivity contribution in [1.82, 2.24) is 0 Å². The maximum Gasteiger partial charge on any atom is 0.185 e. The van der Waals surface area contributed by atoms with Crippen molar-refractivity contribution >= 4 is 92.8 Å². The molecule has 0 radical (unpaired) electrons. The van der Waals surface area contributed by atoms with Crippen LogP contribution < -0.4 is 0 Å². The molecule has 4 rings (SSSR count). The Bertz CT molecular complexity index is 520. The molecule has 4 aliphatic rings. The van der Waals surface area contributed by atoms with Gasteiger partial charge < -0.3 is 4.74 Å². The number of fused-ring (bicyclic) bond motifs is 7. The number of allylic oxidation sites excluding steroid dienone is 2. The van der Waals surface area contributed by atoms with E-state index in [0.29, 0.717) is 0 Å². The van der Waals surface area contributed by atoms with Crippen molar-refractivity contribution in [2.45, 2.75) is 30.6 Å². The lowest BCUT2D eigenvalue weighted by atomic mass is 9.83. The van der Waals surface area contributed by atoms with Gasteiger partial charge >= 0.3 is 0 Å². The van der Waals surface area contributed by atoms with Crippen molar-refractivity contribution in [3.05, 3.63) is 10.1 Å². The second-order valence-electron chi connectivity index (χ2n) is 5.32. The van der Waals surface area contributed by atoms with Crippen LogP contribution in [0, 0.1) is 11.8 Å². The minimum Gasteiger partial charge on any atom is -0.347 e. The van der Waals surface area contributed by atoms with Crippen molar-refractivity contribution in [2.75, 3.05) is 0 Å². The highest BCUT2D eigenvalue weighted by Gasteiger charge is 2.92. The van der Waals surface area contributed by atoms with Gasteiger partial charge in [-0.2, -0.15) is 0 Å². The van der Waals surface area contributed by atoms with Crippen LogP contribution in [0.2, 0.25) is 0 Å². The molecule has 9 heteroatoms. The molecule has 1 aliphatic heterocycles. The fraction of sp³-hybridized carbons (Fsp3) is 0.800. The maximum absolute atomic E-state index is 6.65. The molecule has 0 unspecified atom stereocenters. The number of hydrogen-bond donors (Lipinski definition) is 0. The van der Waals surface area contributed by atoms with E-state index in [9.17, 15) is 0 Å². The van der Waals surface area contributed by atoms with Crippen LogP contribution >= 0.6 is 92.8 Å². The zero-order valence-corrected chi connectivity index (χ0v) is 14.8. The summed E-state index contributed by atoms with van der Waals surface area (Å²) in [4.78, 5) is -2.70. The molecular formula is C10H4Cl8O. The van der Waals surface area contributed by atoms with Crippen LogP contribution in [0.4, 0.5) is 0 Å². The van der Waals surface area contributed by atoms with Crippen molar-refractivity contribution in [3.8, 4) is 0 Å². The average Bonchev–Trinajstić information content (AvgIpc) is 2.90. The molecule has 0 aromatic carbocycles. The molecule has 7 atom stereocenters. The predicted molar refractivity (Wildman–Crippen MR) is 80.4 cm³/mol. The molecule has 0 N–H and O–H groups in total. The molecule has 0 aromatic heterocycles. The highest BCUT2D eigenvalue weighted by molar-refractivity contribution is 6.66. The van der Waals surface area contributed by atoms with Crippen molar-refractivity contribution in [2.24, 2.45) is 11.8 Å². The molecule has 2 saturated carbocycles. The molecule has 3 fully saturated rings. The average molecular weight is 424 g/mol. The van der Waals surface area contributed by atoms with Gasteiger partial charge in [0.15, 0.2) is 9.39 Å². The molecule has 0 spiro atoms. The fourth-order valence-corrected chi connectivity index (χ4v) is 7.80. The van der Waals surface area contributed by atoms with E-state index in [1.54, 1.807) is 0 Å². The normalized spacial score (nSPS) is 64.4. The third kappa shape index (κ3) is 1.16. The van der Waals surface area contributed by atoms with E-state index in [4.69, 9.17) is 97.5 Å². The minimum absolute atomic E-state index is 0.143. The summed E-state index contributed by atoms with van der Waals surface area (Å²) in [6.07, 6.45) is -0.379. The molecule has 1 saturated heterocycles. The number of ether oxygens (including phenoxy) is 1. The molecular weight excluding hydrogens is 420 g/mol. The first-order chi connectivity index (χ1) is 8.56. The lowest BCUT2D eigenvalue weighted by molar-refractivity contribution is 0.194. The van der Waals surface area contributed by atoms with Gasteiger partial charge in [0.25, 0.3) is 0 Å². The molecule has 3 aliphatic carbocycles. The Morgan fingerprint density at radius 3 is 1.84 bits per heavy atom. The van der Waals surface area contributed by atoms with Gasteiger partial charge in [0.1, 0.15) is 15.9 Å². The standard InChI is InChI=1S/C10H4Cl8O/c11-3-1-2(6-9(3,16)19-6)8(15)5(13)4(12)7(1,14)10(8,17)18/h1-3,6H/t1-,2+,3+,6-,7-,8-,9+/m0/s1. The van der Waals surface area contributed by atoms with Gasteiger partial charge in [-0.05, 0) is 0 Å². The Morgan fingerprint density at radius 2 is 1.32 bits per heavy atom. The number of hydrogen-bond acceptors (Lipinski definition) is 1. The summed E-state index contributed by atoms with van der Waals surface area (Å²) < 4.78 is 3.88. The zero-order valence-electron chi connectivity index (χ0n) is 8.74. The SMILES string of the molecule is ClC1=C(Cl)[C@@]2(Cl)[C@H]3[C@H]([C@@H]4O[C@]4(Cl)[C@@H]3Cl)[C@@]1(Cl)C2(Cl)Cl. The van der Waals surface area contributed by atoms with Crippen LogP contribution in [0.25, 0.3) is 0 Å². The highest BCUT2D eigenvalue weighted by Crippen LogP contribution is 2.83. The molecule has 1 heterocycles. The first-order valence-corrected chi connectivity index (χ1v) is 8.47. The minimum atomic E-state index is -1.58. The smallest absolute Gasteiger partial charge is 0.185 e. The van der Waals surface area contributed by atoms with Crippen LogP contribution in [0.3, 0.4) is 0 Å². The monoisotopic (exact) mass is 420 g/mol. The summed E-state index contributed by atoms with van der Waals surface area (Å²) in [6, 6.07) is 0. The van der Waals surface area contributed by atoms with E-state index >= 15 is 0 Å². The highest BCUT2D eigenvalue weighted by atomic mass is 35.5. The van der Waals surface area contributed by atoms with Gasteiger partial charge in [-0.3, -0.25) is 0 Å². The van der Waals surface area contributed by atoms with Crippen LogP contribution in [0.1, 0.15) is 0 Å². The van der Waals surface area contributed by atoms with E-state index < -0.39 is 30.4 Å². The molecule has 0 aromatic rings. The van der Waals surface area contributed by atoms with Gasteiger partial charge in [-0.15, -0.1) is 34.8 Å². The van der Waals surface area contributed by atoms with Crippen LogP contribution in [-0.2, 0) is 4.74 Å². The molecule has 19 heavy (non-hydrogen) atoms. The summed E-state index contributed by atoms with van der Waals surface area (Å²) in [7, 11) is 0. The first-order valence-electron chi connectivity index (χ1n) is 5.39. The molecule has 1 nitrogen and oxygen atoms in total. The van der Waals surface area contributed by atoms with Gasteiger partial charge in [0.2, 0.25) is 0 Å². The third-order valence-electron chi connectivity index (χ3n) is 4.71. The second kappa shape index (κ2) is 3.57. The maximum atomic E-state index is 6.65. The van der Waals surface area contributed by atoms with Crippen molar-refractivity contribution < 1.29 is 4.74 Å². The van der Waals surface area contributed by atoms with Crippen LogP contribution in [0.15, 0.2) is 10.1 Å². The first kappa shape index (κ1) is 14.6. The summed E-state index contributed by atoms with van der Waals surface area (Å²) >= 11 is 51.3. The Balaban J connectivity index is 2.00. The van der Waals surface area contributed by atoms with E-state index in [-0.39, 0.29) is 22.1 Å². The van der Waals surface area contributed by atoms with Gasteiger partial charge in [0, 0.05) is 11.8 Å². The number of rotatable bonds is 0. The van der Waals surface area contributed by atoms with Crippen molar-refractivity contribution in [3.63, 3.8) is 0 Å². The lowest BCUT2D eigenvalue weighted by Crippen LogP contribution is -2.47. The van der Waals surface area contributed by atoms with Gasteiger partial charge in [-0.1, -0.05) is 58.0 Å². The van der Waals surface area contributed by atoms with E-state index in [1.165, 1.54) is 0 Å². The van der Waals surface area contributed by atoms with Crippen LogP contribution in [-0.4, -0.2) is 30.6 Å². The van der Waals surface area contributed by atoms with Gasteiger partial charge in [0.05, 0.1) is 15.4 Å². The summed E-state index contributed by atoms with van der Waals surface area (Å²) in [5.74, 6) is -0.786. The largest absolute Gasteiger partial charge is 0.347 e. The summed E-state index contributed by atoms with van der Waals surface area (Å²) in [5.41, 5.74) is 0. The third-order valence-corrected chi connectivity index (χ3v) is 10.2. The summed E-state index contributed by atoms with van der Waals surface area (Å²) in [6.45, 7) is 0. The predicted octanol–water partition coefficient (Wildman–Crippen LogP) is 5.02. The number of halogens is 8. The second-order valence-corrected chi connectivity index (χ2v) is 9.65. The Morgan fingerprint density at radius 1 is 0.842 bits per heavy atom. The van der Waals surface area contributed by atoms with Crippen molar-refractivity contribution in [1.29, 1.82) is 0 Å². The molecule has 2 bridgehead atoms. The zero-order chi connectivity index (χ0) is 14.2. The Kier molecular flexibility index (Phi) is 2.75. The Hall–Kier alpha value is 2.02. The summed E-state index contributed by atoms with van der Waals surface area (Å²) in [5, 5.41) is -1.29. The quantitative estimate of drug-likeness (QED) is 0.394. The fourth-order valence-electron chi connectivity index (χ4n) is 3.79. The lowest BCUT2D eigenvalue weighted by Gasteiger charge is -2.35. The number of epoxide rings is 1. The molecule has 106 valence electrons.